The van der Waals surface area contributed by atoms with Crippen LogP contribution in [0, 0.1) is 18.8 Å². The fraction of sp³-hybridized carbons (Fsp3) is 0.650. The van der Waals surface area contributed by atoms with Gasteiger partial charge in [0.05, 0.1) is 10.8 Å². The average molecular weight is 432 g/mol. The van der Waals surface area contributed by atoms with Crippen molar-refractivity contribution in [1.82, 2.24) is 9.21 Å². The highest BCUT2D eigenvalue weighted by Crippen LogP contribution is 2.25. The molecule has 6 nitrogen and oxygen atoms in total. The first-order chi connectivity index (χ1) is 12.6. The molecule has 1 heterocycles. The Labute approximate surface area is 175 Å². The van der Waals surface area contributed by atoms with E-state index in [4.69, 9.17) is 5.73 Å². The Kier molecular flexibility index (Phi) is 9.40. The minimum atomic E-state index is -3.57. The minimum absolute atomic E-state index is 0. The van der Waals surface area contributed by atoms with E-state index in [9.17, 15) is 13.2 Å². The van der Waals surface area contributed by atoms with Crippen molar-refractivity contribution in [2.75, 3.05) is 26.7 Å². The van der Waals surface area contributed by atoms with Gasteiger partial charge in [-0.05, 0) is 44.2 Å². The van der Waals surface area contributed by atoms with Crippen LogP contribution in [-0.4, -0.2) is 56.3 Å². The molecule has 160 valence electrons. The van der Waals surface area contributed by atoms with Crippen LogP contribution in [0.5, 0.6) is 0 Å². The van der Waals surface area contributed by atoms with Crippen LogP contribution >= 0.6 is 12.4 Å². The molecule has 0 radical (unpaired) electrons. The zero-order valence-electron chi connectivity index (χ0n) is 17.3. The Hall–Kier alpha value is -1.15. The number of carbonyl (C=O) groups is 1. The van der Waals surface area contributed by atoms with Crippen molar-refractivity contribution >= 4 is 28.3 Å². The first-order valence-electron chi connectivity index (χ1n) is 9.70. The first-order valence-corrected chi connectivity index (χ1v) is 11.1. The van der Waals surface area contributed by atoms with Gasteiger partial charge in [-0.2, -0.15) is 4.31 Å². The lowest BCUT2D eigenvalue weighted by Crippen LogP contribution is -2.46. The van der Waals surface area contributed by atoms with E-state index in [1.807, 2.05) is 6.92 Å². The van der Waals surface area contributed by atoms with Crippen LogP contribution in [0.1, 0.15) is 38.7 Å². The monoisotopic (exact) mass is 431 g/mol. The van der Waals surface area contributed by atoms with Crippen molar-refractivity contribution in [2.24, 2.45) is 17.6 Å². The van der Waals surface area contributed by atoms with Crippen molar-refractivity contribution in [3.8, 4) is 0 Å². The summed E-state index contributed by atoms with van der Waals surface area (Å²) in [6, 6.07) is 6.92. The van der Waals surface area contributed by atoms with Crippen LogP contribution in [0.25, 0.3) is 0 Å². The van der Waals surface area contributed by atoms with E-state index in [1.54, 1.807) is 36.2 Å². The van der Waals surface area contributed by atoms with E-state index in [-0.39, 0.29) is 41.7 Å². The summed E-state index contributed by atoms with van der Waals surface area (Å²) in [4.78, 5) is 14.8. The summed E-state index contributed by atoms with van der Waals surface area (Å²) in [6.45, 7) is 7.37. The molecule has 28 heavy (non-hydrogen) atoms. The Bertz CT molecular complexity index is 738. The molecular weight excluding hydrogens is 398 g/mol. The number of benzene rings is 1. The predicted octanol–water partition coefficient (Wildman–Crippen LogP) is 2.65. The maximum absolute atomic E-state index is 12.9. The summed E-state index contributed by atoms with van der Waals surface area (Å²) in [5.41, 5.74) is 7.09. The molecule has 0 saturated carbocycles. The van der Waals surface area contributed by atoms with Gasteiger partial charge in [0.15, 0.2) is 0 Å². The molecular formula is C20H34ClN3O3S. The number of nitrogens with two attached hydrogens (primary N) is 1. The Morgan fingerprint density at radius 2 is 1.89 bits per heavy atom. The van der Waals surface area contributed by atoms with Gasteiger partial charge in [0.1, 0.15) is 0 Å². The number of hydrogen-bond acceptors (Lipinski definition) is 4. The summed E-state index contributed by atoms with van der Waals surface area (Å²) in [5, 5.41) is 0. The molecule has 0 bridgehead atoms. The average Bonchev–Trinajstić information content (AvgIpc) is 2.65. The van der Waals surface area contributed by atoms with Gasteiger partial charge in [-0.25, -0.2) is 8.42 Å². The second kappa shape index (κ2) is 10.6. The molecule has 1 aliphatic rings. The molecule has 0 aliphatic carbocycles. The number of rotatable bonds is 7. The predicted molar refractivity (Wildman–Crippen MR) is 115 cm³/mol. The molecule has 1 amide bonds. The van der Waals surface area contributed by atoms with Gasteiger partial charge in [-0.15, -0.1) is 12.4 Å². The lowest BCUT2D eigenvalue weighted by molar-refractivity contribution is -0.135. The molecule has 1 saturated heterocycles. The van der Waals surface area contributed by atoms with E-state index >= 15 is 0 Å². The number of nitrogens with zero attached hydrogens (tertiary/aromatic N) is 2. The smallest absolute Gasteiger partial charge is 0.243 e. The van der Waals surface area contributed by atoms with Crippen LogP contribution < -0.4 is 5.73 Å². The number of carbonyl (C=O) groups excluding carboxylic acids is 1. The van der Waals surface area contributed by atoms with Crippen LogP contribution in [0.15, 0.2) is 29.2 Å². The van der Waals surface area contributed by atoms with Crippen LogP contribution in [0.2, 0.25) is 0 Å². The van der Waals surface area contributed by atoms with Gasteiger partial charge in [0.25, 0.3) is 0 Å². The van der Waals surface area contributed by atoms with Crippen LogP contribution in [0.3, 0.4) is 0 Å². The second-order valence-corrected chi connectivity index (χ2v) is 9.91. The van der Waals surface area contributed by atoms with Gasteiger partial charge >= 0.3 is 0 Å². The zero-order valence-corrected chi connectivity index (χ0v) is 18.9. The van der Waals surface area contributed by atoms with Crippen LogP contribution in [-0.2, 0) is 14.8 Å². The molecule has 0 aromatic heterocycles. The normalized spacial score (nSPS) is 19.1. The molecule has 0 spiro atoms. The third-order valence-corrected chi connectivity index (χ3v) is 7.30. The lowest BCUT2D eigenvalue weighted by Gasteiger charge is -2.33. The quantitative estimate of drug-likeness (QED) is 0.719. The Balaban J connectivity index is 0.00000392. The fourth-order valence-electron chi connectivity index (χ4n) is 3.32. The number of halogens is 1. The van der Waals surface area contributed by atoms with Gasteiger partial charge in [-0.3, -0.25) is 4.79 Å². The molecule has 2 unspecified atom stereocenters. The summed E-state index contributed by atoms with van der Waals surface area (Å²) < 4.78 is 27.3. The number of aryl methyl sites for hydroxylation is 1. The van der Waals surface area contributed by atoms with Crippen molar-refractivity contribution in [2.45, 2.75) is 51.0 Å². The van der Waals surface area contributed by atoms with E-state index < -0.39 is 10.0 Å². The third-order valence-electron chi connectivity index (χ3n) is 5.42. The van der Waals surface area contributed by atoms with Crippen molar-refractivity contribution in [1.29, 1.82) is 0 Å². The molecule has 1 aromatic carbocycles. The van der Waals surface area contributed by atoms with E-state index in [1.165, 1.54) is 4.31 Å². The second-order valence-electron chi connectivity index (χ2n) is 7.97. The topological polar surface area (TPSA) is 83.7 Å². The highest BCUT2D eigenvalue weighted by Gasteiger charge is 2.34. The number of piperidine rings is 1. The highest BCUT2D eigenvalue weighted by atomic mass is 35.5. The summed E-state index contributed by atoms with van der Waals surface area (Å²) >= 11 is 0. The molecule has 1 fully saturated rings. The fourth-order valence-corrected chi connectivity index (χ4v) is 4.84. The minimum Gasteiger partial charge on any atom is -0.345 e. The Morgan fingerprint density at radius 1 is 1.29 bits per heavy atom. The van der Waals surface area contributed by atoms with Crippen LogP contribution in [0.4, 0.5) is 0 Å². The number of hydrogen-bond donors (Lipinski definition) is 1. The highest BCUT2D eigenvalue weighted by molar-refractivity contribution is 7.89. The molecule has 8 heteroatoms. The van der Waals surface area contributed by atoms with Gasteiger partial charge in [0.2, 0.25) is 15.9 Å². The maximum atomic E-state index is 12.9. The molecule has 2 atom stereocenters. The number of sulfonamides is 1. The van der Waals surface area contributed by atoms with E-state index in [0.29, 0.717) is 25.4 Å². The molecule has 2 rings (SSSR count). The summed E-state index contributed by atoms with van der Waals surface area (Å²) in [5.74, 6) is 0.0901. The summed E-state index contributed by atoms with van der Waals surface area (Å²) in [7, 11) is -1.78. The lowest BCUT2D eigenvalue weighted by atomic mass is 9.97. The van der Waals surface area contributed by atoms with Crippen molar-refractivity contribution in [3.05, 3.63) is 29.8 Å². The maximum Gasteiger partial charge on any atom is 0.243 e. The molecule has 1 aromatic rings. The molecule has 2 N–H and O–H groups in total. The van der Waals surface area contributed by atoms with Gasteiger partial charge in [0, 0.05) is 32.7 Å². The summed E-state index contributed by atoms with van der Waals surface area (Å²) in [6.07, 6.45) is 2.16. The SMILES string of the molecule is Cc1ccc(S(=O)(=O)N2CCCC(C(=O)N(C)CCC(N)C(C)C)C2)cc1.Cl. The van der Waals surface area contributed by atoms with Gasteiger partial charge in [-0.1, -0.05) is 31.5 Å². The third kappa shape index (κ3) is 6.17. The zero-order chi connectivity index (χ0) is 20.2. The number of amides is 1. The Morgan fingerprint density at radius 3 is 2.46 bits per heavy atom. The van der Waals surface area contributed by atoms with E-state index in [0.717, 1.165) is 18.4 Å². The largest absolute Gasteiger partial charge is 0.345 e. The first kappa shape index (κ1) is 24.9. The van der Waals surface area contributed by atoms with Crippen molar-refractivity contribution < 1.29 is 13.2 Å². The van der Waals surface area contributed by atoms with E-state index in [2.05, 4.69) is 13.8 Å². The standard InChI is InChI=1S/C20H33N3O3S.ClH/c1-15(2)19(21)11-13-22(4)20(24)17-6-5-12-23(14-17)27(25,26)18-9-7-16(3)8-10-18;/h7-10,15,17,19H,5-6,11-14,21H2,1-4H3;1H. The van der Waals surface area contributed by atoms with Gasteiger partial charge < -0.3 is 10.6 Å². The van der Waals surface area contributed by atoms with Crippen molar-refractivity contribution in [3.63, 3.8) is 0 Å². The molecule has 1 aliphatic heterocycles.